The predicted molar refractivity (Wildman–Crippen MR) is 144 cm³/mol. The zero-order valence-corrected chi connectivity index (χ0v) is 22.2. The minimum absolute atomic E-state index is 0.242. The Kier molecular flexibility index (Phi) is 11.1. The molecule has 2 aromatic rings. The van der Waals surface area contributed by atoms with Gasteiger partial charge in [0.15, 0.2) is 11.6 Å². The average molecular weight is 478 g/mol. The lowest BCUT2D eigenvalue weighted by molar-refractivity contribution is 0.302. The molecule has 1 fully saturated rings. The van der Waals surface area contributed by atoms with Crippen molar-refractivity contribution in [3.8, 4) is 22.9 Å². The number of rotatable bonds is 13. The fourth-order valence-electron chi connectivity index (χ4n) is 5.79. The van der Waals surface area contributed by atoms with E-state index in [1.54, 1.807) is 0 Å². The molecular formula is C32H44FNO. The van der Waals surface area contributed by atoms with Gasteiger partial charge in [0.05, 0.1) is 18.7 Å². The molecule has 0 spiro atoms. The number of ether oxygens (including phenoxy) is 1. The average Bonchev–Trinajstić information content (AvgIpc) is 2.89. The summed E-state index contributed by atoms with van der Waals surface area (Å²) in [4.78, 5) is 0. The first-order valence-corrected chi connectivity index (χ1v) is 14.0. The largest absolute Gasteiger partial charge is 0.493 e. The van der Waals surface area contributed by atoms with E-state index in [0.717, 1.165) is 17.9 Å². The number of hydrogen-bond acceptors (Lipinski definition) is 2. The number of halogens is 1. The molecule has 0 N–H and O–H groups in total. The van der Waals surface area contributed by atoms with Crippen LogP contribution in [0.3, 0.4) is 0 Å². The maximum atomic E-state index is 15.0. The van der Waals surface area contributed by atoms with Gasteiger partial charge >= 0.3 is 0 Å². The van der Waals surface area contributed by atoms with Crippen LogP contribution in [0.2, 0.25) is 0 Å². The summed E-state index contributed by atoms with van der Waals surface area (Å²) in [6, 6.07) is 12.3. The van der Waals surface area contributed by atoms with E-state index in [0.29, 0.717) is 29.0 Å². The van der Waals surface area contributed by atoms with Gasteiger partial charge in [-0.25, -0.2) is 4.39 Å². The van der Waals surface area contributed by atoms with Crippen LogP contribution >= 0.6 is 0 Å². The van der Waals surface area contributed by atoms with E-state index in [9.17, 15) is 5.26 Å². The van der Waals surface area contributed by atoms with Gasteiger partial charge in [0.25, 0.3) is 0 Å². The SMILES string of the molecule is CCCCCCCCCC1CCC(c2ccc(-c3ccc(CCC)c(F)c3OC)c(C#N)c2)CC1. The second kappa shape index (κ2) is 14.3. The number of benzene rings is 2. The summed E-state index contributed by atoms with van der Waals surface area (Å²) in [7, 11) is 1.50. The summed E-state index contributed by atoms with van der Waals surface area (Å²) in [6.07, 6.45) is 17.6. The molecule has 1 saturated carbocycles. The lowest BCUT2D eigenvalue weighted by Crippen LogP contribution is -2.13. The van der Waals surface area contributed by atoms with Gasteiger partial charge < -0.3 is 4.74 Å². The fourth-order valence-corrected chi connectivity index (χ4v) is 5.79. The molecular weight excluding hydrogens is 433 g/mol. The minimum Gasteiger partial charge on any atom is -0.493 e. The first-order valence-electron chi connectivity index (χ1n) is 14.0. The van der Waals surface area contributed by atoms with E-state index in [-0.39, 0.29) is 11.6 Å². The fraction of sp³-hybridized carbons (Fsp3) is 0.594. The maximum Gasteiger partial charge on any atom is 0.168 e. The van der Waals surface area contributed by atoms with Gasteiger partial charge in [0, 0.05) is 11.1 Å². The van der Waals surface area contributed by atoms with Gasteiger partial charge in [-0.1, -0.05) is 95.9 Å². The molecule has 0 unspecified atom stereocenters. The summed E-state index contributed by atoms with van der Waals surface area (Å²) in [5, 5.41) is 9.92. The molecule has 0 atom stereocenters. The first-order chi connectivity index (χ1) is 17.1. The number of nitriles is 1. The second-order valence-electron chi connectivity index (χ2n) is 10.4. The Labute approximate surface area is 212 Å². The molecule has 0 aromatic heterocycles. The van der Waals surface area contributed by atoms with Gasteiger partial charge in [-0.05, 0) is 61.1 Å². The molecule has 3 rings (SSSR count). The highest BCUT2D eigenvalue weighted by Gasteiger charge is 2.24. The van der Waals surface area contributed by atoms with Crippen LogP contribution in [0.4, 0.5) is 4.39 Å². The van der Waals surface area contributed by atoms with Crippen LogP contribution in [-0.4, -0.2) is 7.11 Å². The molecule has 3 heteroatoms. The molecule has 0 radical (unpaired) electrons. The van der Waals surface area contributed by atoms with Crippen LogP contribution in [0, 0.1) is 23.1 Å². The second-order valence-corrected chi connectivity index (χ2v) is 10.4. The number of hydrogen-bond donors (Lipinski definition) is 0. The molecule has 190 valence electrons. The number of nitrogens with zero attached hydrogens (tertiary/aromatic N) is 1. The normalized spacial score (nSPS) is 17.8. The Morgan fingerprint density at radius 2 is 1.57 bits per heavy atom. The monoisotopic (exact) mass is 477 g/mol. The molecule has 0 saturated heterocycles. The van der Waals surface area contributed by atoms with E-state index in [2.05, 4.69) is 19.1 Å². The summed E-state index contributed by atoms with van der Waals surface area (Å²) in [5.74, 6) is 1.32. The standard InChI is InChI=1S/C32H44FNO/c1-4-6-7-8-9-10-11-13-24-14-16-25(17-15-24)27-19-20-29(28(22-27)23-34)30-21-18-26(12-5-2)31(33)32(30)35-3/h18-22,24-25H,4-17H2,1-3H3. The van der Waals surface area contributed by atoms with Crippen LogP contribution in [0.25, 0.3) is 11.1 Å². The Hall–Kier alpha value is -2.34. The van der Waals surface area contributed by atoms with Crippen molar-refractivity contribution in [3.63, 3.8) is 0 Å². The Bertz CT molecular complexity index is 968. The highest BCUT2D eigenvalue weighted by molar-refractivity contribution is 5.77. The number of unbranched alkanes of at least 4 members (excludes halogenated alkanes) is 6. The van der Waals surface area contributed by atoms with E-state index in [1.165, 1.54) is 89.7 Å². The molecule has 1 aliphatic carbocycles. The molecule has 2 nitrogen and oxygen atoms in total. The van der Waals surface area contributed by atoms with Gasteiger partial charge in [-0.15, -0.1) is 0 Å². The molecule has 0 bridgehead atoms. The Morgan fingerprint density at radius 1 is 0.886 bits per heavy atom. The van der Waals surface area contributed by atoms with Crippen LogP contribution in [0.5, 0.6) is 5.75 Å². The van der Waals surface area contributed by atoms with Crippen LogP contribution in [0.1, 0.15) is 120 Å². The van der Waals surface area contributed by atoms with E-state index in [4.69, 9.17) is 4.74 Å². The van der Waals surface area contributed by atoms with Crippen molar-refractivity contribution in [2.45, 2.75) is 110 Å². The highest BCUT2D eigenvalue weighted by Crippen LogP contribution is 2.41. The van der Waals surface area contributed by atoms with Crippen molar-refractivity contribution < 1.29 is 9.13 Å². The van der Waals surface area contributed by atoms with Gasteiger partial charge in [-0.2, -0.15) is 5.26 Å². The van der Waals surface area contributed by atoms with Crippen LogP contribution < -0.4 is 4.74 Å². The molecule has 0 amide bonds. The molecule has 1 aliphatic rings. The maximum absolute atomic E-state index is 15.0. The third-order valence-electron chi connectivity index (χ3n) is 7.89. The third-order valence-corrected chi connectivity index (χ3v) is 7.89. The van der Waals surface area contributed by atoms with Crippen molar-refractivity contribution in [3.05, 3.63) is 52.8 Å². The zero-order valence-electron chi connectivity index (χ0n) is 22.2. The lowest BCUT2D eigenvalue weighted by Gasteiger charge is -2.29. The van der Waals surface area contributed by atoms with Crippen molar-refractivity contribution in [1.29, 1.82) is 5.26 Å². The van der Waals surface area contributed by atoms with Crippen LogP contribution in [-0.2, 0) is 6.42 Å². The van der Waals surface area contributed by atoms with Crippen LogP contribution in [0.15, 0.2) is 30.3 Å². The van der Waals surface area contributed by atoms with Crippen molar-refractivity contribution in [1.82, 2.24) is 0 Å². The van der Waals surface area contributed by atoms with Gasteiger partial charge in [0.2, 0.25) is 0 Å². The number of aryl methyl sites for hydroxylation is 1. The summed E-state index contributed by atoms with van der Waals surface area (Å²) < 4.78 is 20.5. The molecule has 0 heterocycles. The van der Waals surface area contributed by atoms with Gasteiger partial charge in [-0.3, -0.25) is 0 Å². The molecule has 2 aromatic carbocycles. The third kappa shape index (κ3) is 7.33. The highest BCUT2D eigenvalue weighted by atomic mass is 19.1. The van der Waals surface area contributed by atoms with Crippen molar-refractivity contribution in [2.24, 2.45) is 5.92 Å². The Morgan fingerprint density at radius 3 is 2.23 bits per heavy atom. The molecule has 35 heavy (non-hydrogen) atoms. The van der Waals surface area contributed by atoms with E-state index in [1.807, 2.05) is 31.2 Å². The first kappa shape index (κ1) is 27.3. The minimum atomic E-state index is -0.306. The predicted octanol–water partition coefficient (Wildman–Crippen LogP) is 9.74. The number of methoxy groups -OCH3 is 1. The lowest BCUT2D eigenvalue weighted by atomic mass is 9.76. The molecule has 0 aliphatic heterocycles. The van der Waals surface area contributed by atoms with E-state index < -0.39 is 0 Å². The summed E-state index contributed by atoms with van der Waals surface area (Å²) in [5.41, 5.74) is 3.93. The van der Waals surface area contributed by atoms with Gasteiger partial charge in [0.1, 0.15) is 0 Å². The summed E-state index contributed by atoms with van der Waals surface area (Å²) >= 11 is 0. The van der Waals surface area contributed by atoms with E-state index >= 15 is 4.39 Å². The van der Waals surface area contributed by atoms with Crippen molar-refractivity contribution in [2.75, 3.05) is 7.11 Å². The Balaban J connectivity index is 1.61. The summed E-state index contributed by atoms with van der Waals surface area (Å²) in [6.45, 7) is 4.31. The smallest absolute Gasteiger partial charge is 0.168 e. The quantitative estimate of drug-likeness (QED) is 0.269. The topological polar surface area (TPSA) is 33.0 Å². The zero-order chi connectivity index (χ0) is 25.0. The van der Waals surface area contributed by atoms with Crippen molar-refractivity contribution >= 4 is 0 Å².